The monoisotopic (exact) mass is 432 g/mol. The number of amides is 1. The molecule has 1 unspecified atom stereocenters. The van der Waals surface area contributed by atoms with Gasteiger partial charge < -0.3 is 19.9 Å². The molecule has 1 aliphatic heterocycles. The van der Waals surface area contributed by atoms with Crippen molar-refractivity contribution in [3.8, 4) is 11.5 Å². The molecule has 1 aliphatic rings. The molecule has 0 spiro atoms. The van der Waals surface area contributed by atoms with E-state index in [1.54, 1.807) is 30.3 Å². The van der Waals surface area contributed by atoms with Crippen LogP contribution in [0.15, 0.2) is 47.5 Å². The standard InChI is InChI=1S/C21H21FN2O5S/c1-12(2)29-16-8-14(19(25)24-21-23-18(11-30-21)20(26)27)7-15(9-16)28-10-13-5-3-4-6-17(13)22/h3-9,12,18H,10-11H2,1-2H3,(H,26,27)(H,23,24,25). The van der Waals surface area contributed by atoms with Crippen LogP contribution in [-0.2, 0) is 11.4 Å². The van der Waals surface area contributed by atoms with E-state index in [0.717, 1.165) is 11.8 Å². The van der Waals surface area contributed by atoms with Crippen molar-refractivity contribution in [3.05, 3.63) is 59.4 Å². The quantitative estimate of drug-likeness (QED) is 0.695. The van der Waals surface area contributed by atoms with Crippen molar-refractivity contribution in [2.45, 2.75) is 32.6 Å². The zero-order chi connectivity index (χ0) is 21.7. The Morgan fingerprint density at radius 2 is 2.00 bits per heavy atom. The van der Waals surface area contributed by atoms with Gasteiger partial charge in [0.05, 0.1) is 6.10 Å². The number of benzene rings is 2. The first-order chi connectivity index (χ1) is 14.3. The molecule has 0 aliphatic carbocycles. The molecule has 0 bridgehead atoms. The minimum Gasteiger partial charge on any atom is -0.491 e. The van der Waals surface area contributed by atoms with E-state index in [0.29, 0.717) is 17.1 Å². The average molecular weight is 432 g/mol. The van der Waals surface area contributed by atoms with Crippen molar-refractivity contribution in [1.82, 2.24) is 5.32 Å². The number of ether oxygens (including phenoxy) is 2. The maximum atomic E-state index is 13.8. The fourth-order valence-electron chi connectivity index (χ4n) is 2.64. The molecule has 2 N–H and O–H groups in total. The Kier molecular flexibility index (Phi) is 6.94. The zero-order valence-corrected chi connectivity index (χ0v) is 17.2. The van der Waals surface area contributed by atoms with Crippen molar-refractivity contribution in [2.24, 2.45) is 4.99 Å². The van der Waals surface area contributed by atoms with E-state index in [1.807, 2.05) is 13.8 Å². The number of amidine groups is 1. The Bertz CT molecular complexity index is 980. The van der Waals surface area contributed by atoms with Gasteiger partial charge in [-0.15, -0.1) is 0 Å². The summed E-state index contributed by atoms with van der Waals surface area (Å²) in [6.07, 6.45) is -0.131. The smallest absolute Gasteiger partial charge is 0.329 e. The summed E-state index contributed by atoms with van der Waals surface area (Å²) in [7, 11) is 0. The molecule has 30 heavy (non-hydrogen) atoms. The molecule has 9 heteroatoms. The number of nitrogens with zero attached hydrogens (tertiary/aromatic N) is 1. The minimum absolute atomic E-state index is 0.0122. The molecule has 0 radical (unpaired) electrons. The topological polar surface area (TPSA) is 97.2 Å². The molecular weight excluding hydrogens is 411 g/mol. The second-order valence-corrected chi connectivity index (χ2v) is 7.80. The van der Waals surface area contributed by atoms with Gasteiger partial charge >= 0.3 is 5.97 Å². The molecule has 7 nitrogen and oxygen atoms in total. The summed E-state index contributed by atoms with van der Waals surface area (Å²) in [5, 5.41) is 11.9. The van der Waals surface area contributed by atoms with Gasteiger partial charge in [0.2, 0.25) is 0 Å². The number of halogens is 1. The number of carboxylic acids is 1. The molecule has 158 valence electrons. The van der Waals surface area contributed by atoms with E-state index < -0.39 is 17.9 Å². The van der Waals surface area contributed by atoms with Gasteiger partial charge in [-0.2, -0.15) is 0 Å². The fourth-order valence-corrected chi connectivity index (χ4v) is 3.54. The third kappa shape index (κ3) is 5.73. The number of hydrogen-bond donors (Lipinski definition) is 2. The molecule has 1 atom stereocenters. The van der Waals surface area contributed by atoms with Crippen molar-refractivity contribution in [2.75, 3.05) is 5.75 Å². The van der Waals surface area contributed by atoms with E-state index in [9.17, 15) is 14.0 Å². The molecule has 1 heterocycles. The highest BCUT2D eigenvalue weighted by molar-refractivity contribution is 8.14. The highest BCUT2D eigenvalue weighted by Gasteiger charge is 2.26. The van der Waals surface area contributed by atoms with E-state index in [1.165, 1.54) is 12.1 Å². The van der Waals surface area contributed by atoms with Crippen LogP contribution in [-0.4, -0.2) is 40.0 Å². The van der Waals surface area contributed by atoms with Crippen LogP contribution in [0.4, 0.5) is 4.39 Å². The third-order valence-corrected chi connectivity index (χ3v) is 4.99. The molecule has 0 fully saturated rings. The lowest BCUT2D eigenvalue weighted by molar-refractivity contribution is -0.137. The van der Waals surface area contributed by atoms with Crippen LogP contribution in [0.25, 0.3) is 0 Å². The van der Waals surface area contributed by atoms with Gasteiger partial charge in [0, 0.05) is 22.9 Å². The van der Waals surface area contributed by atoms with Gasteiger partial charge in [-0.3, -0.25) is 4.79 Å². The number of aliphatic imine (C=N–C) groups is 1. The van der Waals surface area contributed by atoms with Crippen LogP contribution < -0.4 is 14.8 Å². The van der Waals surface area contributed by atoms with Crippen molar-refractivity contribution >= 4 is 28.8 Å². The van der Waals surface area contributed by atoms with E-state index in [2.05, 4.69) is 10.3 Å². The number of carbonyl (C=O) groups excluding carboxylic acids is 1. The largest absolute Gasteiger partial charge is 0.491 e. The van der Waals surface area contributed by atoms with Crippen LogP contribution in [0, 0.1) is 5.82 Å². The molecule has 3 rings (SSSR count). The minimum atomic E-state index is -1.04. The predicted octanol–water partition coefficient (Wildman–Crippen LogP) is 3.48. The lowest BCUT2D eigenvalue weighted by Gasteiger charge is -2.14. The van der Waals surface area contributed by atoms with Gasteiger partial charge in [0.1, 0.15) is 23.9 Å². The number of aliphatic carboxylic acids is 1. The van der Waals surface area contributed by atoms with Crippen LogP contribution in [0.3, 0.4) is 0 Å². The van der Waals surface area contributed by atoms with Gasteiger partial charge in [-0.1, -0.05) is 30.0 Å². The number of thioether (sulfide) groups is 1. The maximum absolute atomic E-state index is 13.8. The normalized spacial score (nSPS) is 15.6. The highest BCUT2D eigenvalue weighted by Crippen LogP contribution is 2.26. The summed E-state index contributed by atoms with van der Waals surface area (Å²) >= 11 is 1.16. The Hall–Kier alpha value is -3.07. The molecule has 2 aromatic carbocycles. The Morgan fingerprint density at radius 1 is 1.27 bits per heavy atom. The molecule has 2 aromatic rings. The SMILES string of the molecule is CC(C)Oc1cc(OCc2ccccc2F)cc(C(=O)NC2=NC(C(=O)O)CS2)c1. The number of nitrogens with one attached hydrogen (secondary N) is 1. The predicted molar refractivity (Wildman–Crippen MR) is 112 cm³/mol. The van der Waals surface area contributed by atoms with Gasteiger partial charge in [0.15, 0.2) is 11.2 Å². The first-order valence-corrected chi connectivity index (χ1v) is 10.2. The maximum Gasteiger partial charge on any atom is 0.329 e. The summed E-state index contributed by atoms with van der Waals surface area (Å²) in [5.74, 6) is -0.871. The summed E-state index contributed by atoms with van der Waals surface area (Å²) in [5.41, 5.74) is 0.633. The molecule has 0 aromatic heterocycles. The van der Waals surface area contributed by atoms with Crippen LogP contribution >= 0.6 is 11.8 Å². The number of rotatable bonds is 7. The molecule has 0 saturated carbocycles. The van der Waals surface area contributed by atoms with Crippen molar-refractivity contribution in [1.29, 1.82) is 0 Å². The van der Waals surface area contributed by atoms with Gasteiger partial charge in [0.25, 0.3) is 5.91 Å². The summed E-state index contributed by atoms with van der Waals surface area (Å²) in [4.78, 5) is 27.7. The summed E-state index contributed by atoms with van der Waals surface area (Å²) in [6.45, 7) is 3.69. The van der Waals surface area contributed by atoms with Gasteiger partial charge in [-0.25, -0.2) is 14.2 Å². The Labute approximate surface area is 177 Å². The Balaban J connectivity index is 1.78. The van der Waals surface area contributed by atoms with Crippen LogP contribution in [0.5, 0.6) is 11.5 Å². The summed E-state index contributed by atoms with van der Waals surface area (Å²) in [6, 6.07) is 10.1. The van der Waals surface area contributed by atoms with Crippen LogP contribution in [0.1, 0.15) is 29.8 Å². The van der Waals surface area contributed by atoms with Gasteiger partial charge in [-0.05, 0) is 32.0 Å². The third-order valence-electron chi connectivity index (χ3n) is 4.02. The lowest BCUT2D eigenvalue weighted by atomic mass is 10.2. The molecular formula is C21H21FN2O5S. The first-order valence-electron chi connectivity index (χ1n) is 9.24. The molecule has 1 amide bonds. The zero-order valence-electron chi connectivity index (χ0n) is 16.4. The van der Waals surface area contributed by atoms with E-state index >= 15 is 0 Å². The van der Waals surface area contributed by atoms with Crippen molar-refractivity contribution in [3.63, 3.8) is 0 Å². The number of carboxylic acid groups (broad SMARTS) is 1. The second-order valence-electron chi connectivity index (χ2n) is 6.79. The fraction of sp³-hybridized carbons (Fsp3) is 0.286. The van der Waals surface area contributed by atoms with E-state index in [-0.39, 0.29) is 35.0 Å². The van der Waals surface area contributed by atoms with Crippen molar-refractivity contribution < 1.29 is 28.6 Å². The Morgan fingerprint density at radius 3 is 2.67 bits per heavy atom. The second kappa shape index (κ2) is 9.62. The summed E-state index contributed by atoms with van der Waals surface area (Å²) < 4.78 is 25.2. The highest BCUT2D eigenvalue weighted by atomic mass is 32.2. The first kappa shape index (κ1) is 21.6. The number of carbonyl (C=O) groups is 2. The van der Waals surface area contributed by atoms with Crippen LogP contribution in [0.2, 0.25) is 0 Å². The lowest BCUT2D eigenvalue weighted by Crippen LogP contribution is -2.27. The average Bonchev–Trinajstić information content (AvgIpc) is 3.15. The molecule has 0 saturated heterocycles. The number of hydrogen-bond acceptors (Lipinski definition) is 6. The van der Waals surface area contributed by atoms with E-state index in [4.69, 9.17) is 14.6 Å².